The number of nitrogens with zero attached hydrogens (tertiary/aromatic N) is 1. The molecule has 3 fully saturated rings. The van der Waals surface area contributed by atoms with Gasteiger partial charge in [-0.25, -0.2) is 30.7 Å². The summed E-state index contributed by atoms with van der Waals surface area (Å²) in [6.07, 6.45) is 0.524. The van der Waals surface area contributed by atoms with E-state index < -0.39 is 51.0 Å². The Kier molecular flexibility index (Phi) is 5.92. The molecule has 34 heavy (non-hydrogen) atoms. The molecule has 1 heterocycles. The van der Waals surface area contributed by atoms with Crippen LogP contribution in [-0.4, -0.2) is 49.3 Å². The Labute approximate surface area is 195 Å². The number of amides is 1. The molecule has 2 saturated carbocycles. The van der Waals surface area contributed by atoms with Crippen molar-refractivity contribution in [2.24, 2.45) is 5.92 Å². The van der Waals surface area contributed by atoms with Crippen molar-refractivity contribution in [3.8, 4) is 11.1 Å². The van der Waals surface area contributed by atoms with E-state index in [-0.39, 0.29) is 41.5 Å². The molecule has 2 aromatic carbocycles. The van der Waals surface area contributed by atoms with E-state index in [0.29, 0.717) is 25.7 Å². The number of benzene rings is 2. The van der Waals surface area contributed by atoms with E-state index >= 15 is 8.78 Å². The zero-order valence-electron chi connectivity index (χ0n) is 18.2. The number of carbonyl (C=O) groups is 1. The summed E-state index contributed by atoms with van der Waals surface area (Å²) >= 11 is 0. The molecule has 1 amide bonds. The van der Waals surface area contributed by atoms with Crippen LogP contribution in [0.15, 0.2) is 36.4 Å². The van der Waals surface area contributed by atoms with Gasteiger partial charge in [-0.2, -0.15) is 0 Å². The molecule has 2 aliphatic carbocycles. The van der Waals surface area contributed by atoms with Crippen LogP contribution in [0.4, 0.5) is 17.6 Å². The first-order valence-corrected chi connectivity index (χ1v) is 12.9. The van der Waals surface area contributed by atoms with E-state index in [0.717, 1.165) is 6.07 Å². The Bertz CT molecular complexity index is 1230. The minimum absolute atomic E-state index is 0.0597. The molecule has 1 N–H and O–H groups in total. The van der Waals surface area contributed by atoms with Crippen molar-refractivity contribution in [1.29, 1.82) is 0 Å². The summed E-state index contributed by atoms with van der Waals surface area (Å²) < 4.78 is 86.2. The van der Waals surface area contributed by atoms with Gasteiger partial charge < -0.3 is 4.90 Å². The maximum Gasteiger partial charge on any atom is 0.226 e. The Morgan fingerprint density at radius 1 is 0.971 bits per heavy atom. The molecule has 182 valence electrons. The van der Waals surface area contributed by atoms with E-state index in [1.54, 1.807) is 0 Å². The van der Waals surface area contributed by atoms with Crippen LogP contribution < -0.4 is 4.72 Å². The van der Waals surface area contributed by atoms with Crippen LogP contribution in [0.5, 0.6) is 0 Å². The normalized spacial score (nSPS) is 25.1. The summed E-state index contributed by atoms with van der Waals surface area (Å²) in [6, 6.07) is 5.49. The molecule has 0 radical (unpaired) electrons. The summed E-state index contributed by atoms with van der Waals surface area (Å²) in [6.45, 7) is -0.280. The minimum Gasteiger partial charge on any atom is -0.334 e. The lowest BCUT2D eigenvalue weighted by atomic mass is 9.95. The zero-order valence-corrected chi connectivity index (χ0v) is 19.0. The largest absolute Gasteiger partial charge is 0.334 e. The van der Waals surface area contributed by atoms with Crippen molar-refractivity contribution in [2.75, 3.05) is 6.54 Å². The monoisotopic (exact) mass is 496 g/mol. The van der Waals surface area contributed by atoms with Crippen LogP contribution >= 0.6 is 0 Å². The number of alkyl halides is 1. The van der Waals surface area contributed by atoms with Crippen LogP contribution in [0, 0.1) is 23.4 Å². The average Bonchev–Trinajstić information content (AvgIpc) is 3.70. The second kappa shape index (κ2) is 8.64. The third-order valence-electron chi connectivity index (χ3n) is 6.80. The van der Waals surface area contributed by atoms with Gasteiger partial charge in [-0.1, -0.05) is 30.3 Å². The first-order valence-electron chi connectivity index (χ1n) is 11.3. The van der Waals surface area contributed by atoms with E-state index in [9.17, 15) is 22.0 Å². The second-order valence-corrected chi connectivity index (χ2v) is 11.3. The Morgan fingerprint density at radius 3 is 2.26 bits per heavy atom. The summed E-state index contributed by atoms with van der Waals surface area (Å²) in [5.74, 6) is -3.63. The van der Waals surface area contributed by atoms with Gasteiger partial charge in [0, 0.05) is 17.0 Å². The fraction of sp³-hybridized carbons (Fsp3) is 0.458. The molecule has 0 bridgehead atoms. The third kappa shape index (κ3) is 4.33. The smallest absolute Gasteiger partial charge is 0.226 e. The Hall–Kier alpha value is -2.46. The minimum atomic E-state index is -3.77. The van der Waals surface area contributed by atoms with E-state index in [1.165, 1.54) is 35.2 Å². The molecule has 0 spiro atoms. The van der Waals surface area contributed by atoms with Gasteiger partial charge >= 0.3 is 0 Å². The highest BCUT2D eigenvalue weighted by Gasteiger charge is 2.50. The lowest BCUT2D eigenvalue weighted by Crippen LogP contribution is -2.50. The third-order valence-corrected chi connectivity index (χ3v) is 8.75. The lowest BCUT2D eigenvalue weighted by Gasteiger charge is -2.29. The Morgan fingerprint density at radius 2 is 1.62 bits per heavy atom. The second-order valence-electron chi connectivity index (χ2n) is 9.32. The first kappa shape index (κ1) is 23.3. The molecular weight excluding hydrogens is 472 g/mol. The number of sulfonamides is 1. The number of hydrogen-bond acceptors (Lipinski definition) is 3. The summed E-state index contributed by atoms with van der Waals surface area (Å²) in [7, 11) is -3.77. The van der Waals surface area contributed by atoms with Gasteiger partial charge in [-0.15, -0.1) is 0 Å². The molecular formula is C24H24F4N2O3S. The number of likely N-dealkylation sites (tertiary alicyclic amines) is 1. The molecule has 0 unspecified atom stereocenters. The molecule has 10 heteroatoms. The number of nitrogens with one attached hydrogen (secondary N) is 1. The predicted octanol–water partition coefficient (Wildman–Crippen LogP) is 3.72. The highest BCUT2D eigenvalue weighted by Crippen LogP contribution is 2.37. The summed E-state index contributed by atoms with van der Waals surface area (Å²) in [4.78, 5) is 14.2. The molecule has 3 aliphatic rings. The van der Waals surface area contributed by atoms with Crippen LogP contribution in [0.2, 0.25) is 0 Å². The van der Waals surface area contributed by atoms with Crippen molar-refractivity contribution in [3.05, 3.63) is 59.4 Å². The fourth-order valence-electron chi connectivity index (χ4n) is 4.63. The van der Waals surface area contributed by atoms with Crippen molar-refractivity contribution in [3.63, 3.8) is 0 Å². The van der Waals surface area contributed by atoms with Crippen molar-refractivity contribution >= 4 is 15.9 Å². The van der Waals surface area contributed by atoms with E-state index in [2.05, 4.69) is 4.72 Å². The SMILES string of the molecule is O=C(C1CC1)N1C[C@H](F)[C@H](NS(=O)(=O)C2CC2)[C@@H]1Cc1cccc(-c2cccc(F)c2F)c1F. The summed E-state index contributed by atoms with van der Waals surface area (Å²) in [5, 5.41) is -0.579. The van der Waals surface area contributed by atoms with Gasteiger partial charge in [-0.05, 0) is 43.7 Å². The van der Waals surface area contributed by atoms with Gasteiger partial charge in [0.05, 0.1) is 23.9 Å². The summed E-state index contributed by atoms with van der Waals surface area (Å²) in [5.41, 5.74) is -0.366. The average molecular weight is 497 g/mol. The molecule has 1 saturated heterocycles. The predicted molar refractivity (Wildman–Crippen MR) is 117 cm³/mol. The molecule has 5 rings (SSSR count). The van der Waals surface area contributed by atoms with Crippen LogP contribution in [0.25, 0.3) is 11.1 Å². The first-order chi connectivity index (χ1) is 16.2. The molecule has 2 aromatic rings. The van der Waals surface area contributed by atoms with Gasteiger partial charge in [0.25, 0.3) is 0 Å². The van der Waals surface area contributed by atoms with E-state index in [1.807, 2.05) is 0 Å². The maximum absolute atomic E-state index is 15.5. The van der Waals surface area contributed by atoms with Crippen molar-refractivity contribution in [2.45, 2.75) is 55.6 Å². The highest BCUT2D eigenvalue weighted by molar-refractivity contribution is 7.90. The van der Waals surface area contributed by atoms with Crippen molar-refractivity contribution in [1.82, 2.24) is 9.62 Å². The molecule has 1 aliphatic heterocycles. The van der Waals surface area contributed by atoms with Crippen LogP contribution in [0.3, 0.4) is 0 Å². The van der Waals surface area contributed by atoms with E-state index in [4.69, 9.17) is 0 Å². The number of halogens is 4. The Balaban J connectivity index is 1.49. The van der Waals surface area contributed by atoms with Crippen LogP contribution in [-0.2, 0) is 21.2 Å². The highest BCUT2D eigenvalue weighted by atomic mass is 32.2. The van der Waals surface area contributed by atoms with Gasteiger partial charge in [0.1, 0.15) is 12.0 Å². The van der Waals surface area contributed by atoms with Gasteiger partial charge in [0.15, 0.2) is 11.6 Å². The molecule has 0 aromatic heterocycles. The van der Waals surface area contributed by atoms with Gasteiger partial charge in [-0.3, -0.25) is 4.79 Å². The molecule has 5 nitrogen and oxygen atoms in total. The topological polar surface area (TPSA) is 66.5 Å². The van der Waals surface area contributed by atoms with Gasteiger partial charge in [0.2, 0.25) is 15.9 Å². The molecule has 3 atom stereocenters. The number of rotatable bonds is 7. The number of hydrogen-bond donors (Lipinski definition) is 1. The fourth-order valence-corrected chi connectivity index (χ4v) is 6.26. The standard InChI is InChI=1S/C24H24F4N2O3S/c25-18-6-2-5-17(22(18)28)16-4-1-3-14(21(16)27)11-20-23(29-34(32,33)15-9-10-15)19(26)12-30(20)24(31)13-7-8-13/h1-6,13,15,19-20,23,29H,7-12H2/t19-,20-,23-/m0/s1. The lowest BCUT2D eigenvalue weighted by molar-refractivity contribution is -0.133. The number of carbonyl (C=O) groups excluding carboxylic acids is 1. The van der Waals surface area contributed by atoms with Crippen molar-refractivity contribution < 1.29 is 30.8 Å². The quantitative estimate of drug-likeness (QED) is 0.595. The zero-order chi connectivity index (χ0) is 24.2. The maximum atomic E-state index is 15.5. The van der Waals surface area contributed by atoms with Crippen LogP contribution in [0.1, 0.15) is 31.2 Å².